The highest BCUT2D eigenvalue weighted by atomic mass is 15.3. The zero-order valence-corrected chi connectivity index (χ0v) is 48.1. The Morgan fingerprint density at radius 3 is 0.929 bits per heavy atom. The van der Waals surface area contributed by atoms with E-state index >= 15 is 0 Å². The maximum absolute atomic E-state index is 4.30. The van der Waals surface area contributed by atoms with Gasteiger partial charge in [0.25, 0.3) is 0 Å². The number of hydrogen-bond donors (Lipinski definition) is 1. The normalized spacial score (nSPS) is 11.9. The van der Waals surface area contributed by atoms with Gasteiger partial charge >= 0.3 is 0 Å². The van der Waals surface area contributed by atoms with Crippen molar-refractivity contribution in [1.82, 2.24) is 5.32 Å². The van der Waals surface area contributed by atoms with Crippen molar-refractivity contribution in [2.75, 3.05) is 11.4 Å². The molecule has 13 aromatic rings. The van der Waals surface area contributed by atoms with Crippen molar-refractivity contribution in [3.05, 3.63) is 345 Å². The predicted octanol–water partition coefficient (Wildman–Crippen LogP) is 22.2. The second kappa shape index (κ2) is 25.0. The van der Waals surface area contributed by atoms with E-state index in [-0.39, 0.29) is 12.2 Å². The predicted molar refractivity (Wildman–Crippen MR) is 361 cm³/mol. The van der Waals surface area contributed by atoms with Crippen molar-refractivity contribution in [3.8, 4) is 111 Å². The maximum atomic E-state index is 4.30. The topological polar surface area (TPSA) is 15.3 Å². The summed E-state index contributed by atoms with van der Waals surface area (Å²) in [5, 5.41) is 4.30. The largest absolute Gasteiger partial charge is 0.352 e. The molecular weight excluding hydrogens is 1020 g/mol. The van der Waals surface area contributed by atoms with E-state index in [1.807, 2.05) is 0 Å². The number of hydrogen-bond acceptors (Lipinski definition) is 2. The van der Waals surface area contributed by atoms with Crippen molar-refractivity contribution in [2.24, 2.45) is 0 Å². The minimum absolute atomic E-state index is 0.166. The Hall–Kier alpha value is -10.4. The van der Waals surface area contributed by atoms with E-state index in [4.69, 9.17) is 0 Å². The average molecular weight is 1090 g/mol. The van der Waals surface area contributed by atoms with Crippen LogP contribution in [-0.4, -0.2) is 6.54 Å². The molecule has 0 aliphatic rings. The Kier molecular flexibility index (Phi) is 15.9. The van der Waals surface area contributed by atoms with E-state index in [9.17, 15) is 0 Å². The molecule has 0 bridgehead atoms. The van der Waals surface area contributed by atoms with Crippen LogP contribution in [0.4, 0.5) is 5.69 Å². The lowest BCUT2D eigenvalue weighted by Crippen LogP contribution is -2.39. The molecule has 2 atom stereocenters. The summed E-state index contributed by atoms with van der Waals surface area (Å²) in [7, 11) is 0. The van der Waals surface area contributed by atoms with Crippen LogP contribution in [0.1, 0.15) is 37.2 Å². The highest BCUT2D eigenvalue weighted by molar-refractivity contribution is 6.15. The zero-order chi connectivity index (χ0) is 57.3. The van der Waals surface area contributed by atoms with Crippen LogP contribution in [-0.2, 0) is 0 Å². The lowest BCUT2D eigenvalue weighted by molar-refractivity contribution is 0.449. The molecule has 0 aliphatic carbocycles. The Balaban J connectivity index is 1.21. The van der Waals surface area contributed by atoms with E-state index in [1.54, 1.807) is 0 Å². The van der Waals surface area contributed by atoms with Crippen LogP contribution < -0.4 is 10.2 Å². The number of benzene rings is 13. The molecule has 13 rings (SSSR count). The van der Waals surface area contributed by atoms with Gasteiger partial charge in [-0.1, -0.05) is 291 Å². The molecule has 408 valence electrons. The van der Waals surface area contributed by atoms with Crippen LogP contribution in [0.15, 0.2) is 334 Å². The van der Waals surface area contributed by atoms with Gasteiger partial charge in [0, 0.05) is 18.3 Å². The fraction of sp³-hybridized carbons (Fsp3) is 0.0602. The Morgan fingerprint density at radius 1 is 0.259 bits per heavy atom. The van der Waals surface area contributed by atoms with Gasteiger partial charge in [0.1, 0.15) is 6.17 Å². The third-order valence-electron chi connectivity index (χ3n) is 16.5. The number of nitrogens with one attached hydrogen (secondary N) is 1. The Morgan fingerprint density at radius 2 is 0.553 bits per heavy atom. The molecule has 0 amide bonds. The molecule has 0 spiro atoms. The van der Waals surface area contributed by atoms with Crippen molar-refractivity contribution in [1.29, 1.82) is 0 Å². The van der Waals surface area contributed by atoms with Crippen molar-refractivity contribution < 1.29 is 0 Å². The van der Waals surface area contributed by atoms with Crippen LogP contribution in [0.25, 0.3) is 111 Å². The lowest BCUT2D eigenvalue weighted by atomic mass is 9.73. The SMILES string of the molecule is CCN(c1ccccc1)C(NC(C)c1cc(-c2cc(-c3ccccc3)cc(-c3ccccc3)c2-c2ccccc2)cc(-c2c(-c3ccccc3)c(-c3ccccc3)c(-c3ccccc3)c(-c3ccccc3)c2-c2ccccc2)c1)c1ccccc1. The average Bonchev–Trinajstić information content (AvgIpc) is 1.18. The fourth-order valence-electron chi connectivity index (χ4n) is 12.6. The molecule has 2 heteroatoms. The van der Waals surface area contributed by atoms with E-state index in [1.165, 1.54) is 44.5 Å². The van der Waals surface area contributed by atoms with Crippen LogP contribution in [0.3, 0.4) is 0 Å². The fourth-order valence-corrected chi connectivity index (χ4v) is 12.6. The smallest absolute Gasteiger partial charge is 0.106 e. The van der Waals surface area contributed by atoms with Crippen LogP contribution in [0.5, 0.6) is 0 Å². The molecule has 0 saturated carbocycles. The maximum Gasteiger partial charge on any atom is 0.106 e. The first-order chi connectivity index (χ1) is 42.1. The molecule has 0 fully saturated rings. The summed E-state index contributed by atoms with van der Waals surface area (Å²) in [5.74, 6) is 0. The number of rotatable bonds is 17. The van der Waals surface area contributed by atoms with Gasteiger partial charge in [-0.2, -0.15) is 0 Å². The summed E-state index contributed by atoms with van der Waals surface area (Å²) in [4.78, 5) is 2.49. The first-order valence-corrected chi connectivity index (χ1v) is 29.7. The Bertz CT molecular complexity index is 4210. The molecule has 1 N–H and O–H groups in total. The van der Waals surface area contributed by atoms with Gasteiger partial charge in [0.05, 0.1) is 0 Å². The summed E-state index contributed by atoms with van der Waals surface area (Å²) in [5.41, 5.74) is 26.6. The highest BCUT2D eigenvalue weighted by Crippen LogP contribution is 2.57. The van der Waals surface area contributed by atoms with Crippen LogP contribution in [0.2, 0.25) is 0 Å². The van der Waals surface area contributed by atoms with Gasteiger partial charge in [-0.25, -0.2) is 0 Å². The van der Waals surface area contributed by atoms with Gasteiger partial charge in [-0.3, -0.25) is 5.32 Å². The summed E-state index contributed by atoms with van der Waals surface area (Å²) in [6, 6.07) is 122. The van der Waals surface area contributed by atoms with E-state index in [2.05, 4.69) is 358 Å². The molecule has 13 aromatic carbocycles. The quantitative estimate of drug-likeness (QED) is 0.0914. The van der Waals surface area contributed by atoms with Crippen LogP contribution in [0, 0.1) is 0 Å². The molecule has 0 aliphatic heterocycles. The number of anilines is 1. The standard InChI is InChI=1S/C83H66N2/c1-3-85(73-52-32-13-33-53-73)83(68-50-30-12-31-51-68)84-59(2)69-54-71(75-58-70(60-34-14-4-15-35-60)57-74(61-36-16-5-17-37-61)76(75)62-38-18-6-19-39-62)56-72(55-69)82-80(66-46-26-10-27-47-66)78(64-42-22-8-23-43-64)77(63-40-20-7-21-41-63)79(65-44-24-9-25-45-65)81(82)67-48-28-11-29-49-67/h4-59,83-84H,3H2,1-2H3. The molecule has 0 saturated heterocycles. The Labute approximate surface area is 501 Å². The second-order valence-corrected chi connectivity index (χ2v) is 21.8. The van der Waals surface area contributed by atoms with Crippen molar-refractivity contribution in [2.45, 2.75) is 26.1 Å². The summed E-state index contributed by atoms with van der Waals surface area (Å²) in [6.45, 7) is 5.40. The third-order valence-corrected chi connectivity index (χ3v) is 16.5. The summed E-state index contributed by atoms with van der Waals surface area (Å²) < 4.78 is 0. The second-order valence-electron chi connectivity index (χ2n) is 21.8. The highest BCUT2D eigenvalue weighted by Gasteiger charge is 2.31. The molecule has 85 heavy (non-hydrogen) atoms. The van der Waals surface area contributed by atoms with Gasteiger partial charge in [0.2, 0.25) is 0 Å². The van der Waals surface area contributed by atoms with Gasteiger partial charge in [-0.15, -0.1) is 0 Å². The van der Waals surface area contributed by atoms with E-state index < -0.39 is 0 Å². The van der Waals surface area contributed by atoms with Crippen LogP contribution >= 0.6 is 0 Å². The summed E-state index contributed by atoms with van der Waals surface area (Å²) >= 11 is 0. The minimum Gasteiger partial charge on any atom is -0.352 e. The molecule has 2 unspecified atom stereocenters. The minimum atomic E-state index is -0.168. The zero-order valence-electron chi connectivity index (χ0n) is 48.1. The molecular formula is C83H66N2. The first-order valence-electron chi connectivity index (χ1n) is 29.7. The van der Waals surface area contributed by atoms with Gasteiger partial charge in [-0.05, 0) is 179 Å². The third kappa shape index (κ3) is 11.2. The number of para-hydroxylation sites is 1. The van der Waals surface area contributed by atoms with E-state index in [0.29, 0.717) is 0 Å². The first kappa shape index (κ1) is 53.9. The van der Waals surface area contributed by atoms with Crippen molar-refractivity contribution >= 4 is 5.69 Å². The van der Waals surface area contributed by atoms with E-state index in [0.717, 1.165) is 90.1 Å². The monoisotopic (exact) mass is 1090 g/mol. The molecule has 2 nitrogen and oxygen atoms in total. The lowest BCUT2D eigenvalue weighted by Gasteiger charge is -2.36. The van der Waals surface area contributed by atoms with Gasteiger partial charge < -0.3 is 4.90 Å². The number of nitrogens with zero attached hydrogens (tertiary/aromatic N) is 1. The summed E-state index contributed by atoms with van der Waals surface area (Å²) in [6.07, 6.45) is -0.166. The molecule has 0 heterocycles. The van der Waals surface area contributed by atoms with Gasteiger partial charge in [0.15, 0.2) is 0 Å². The molecule has 0 aromatic heterocycles. The molecule has 0 radical (unpaired) electrons. The van der Waals surface area contributed by atoms with Crippen molar-refractivity contribution in [3.63, 3.8) is 0 Å².